The van der Waals surface area contributed by atoms with Crippen molar-refractivity contribution >= 4 is 10.0 Å². The van der Waals surface area contributed by atoms with E-state index in [2.05, 4.69) is 18.7 Å². The van der Waals surface area contributed by atoms with Crippen molar-refractivity contribution in [3.63, 3.8) is 0 Å². The van der Waals surface area contributed by atoms with Crippen LogP contribution in [0.25, 0.3) is 0 Å². The number of halogens is 1. The fourth-order valence-corrected chi connectivity index (χ4v) is 3.84. The maximum Gasteiger partial charge on any atom is 0.243 e. The van der Waals surface area contributed by atoms with Crippen LogP contribution in [-0.2, 0) is 10.0 Å². The van der Waals surface area contributed by atoms with Gasteiger partial charge in [0.25, 0.3) is 0 Å². The second-order valence-corrected chi connectivity index (χ2v) is 7.80. The number of rotatable bonds is 4. The molecule has 1 aromatic rings. The van der Waals surface area contributed by atoms with E-state index in [1.807, 2.05) is 0 Å². The molecule has 0 saturated carbocycles. The van der Waals surface area contributed by atoms with Crippen LogP contribution < -0.4 is 5.73 Å². The third-order valence-electron chi connectivity index (χ3n) is 4.05. The molecular weight excluding hydrogens is 293 g/mol. The molecule has 0 atom stereocenters. The van der Waals surface area contributed by atoms with Gasteiger partial charge in [0.05, 0.1) is 4.90 Å². The molecule has 0 amide bonds. The summed E-state index contributed by atoms with van der Waals surface area (Å²) >= 11 is 0. The number of nitrogens with two attached hydrogens (primary N) is 1. The summed E-state index contributed by atoms with van der Waals surface area (Å²) in [5, 5.41) is 0. The predicted molar refractivity (Wildman–Crippen MR) is 79.9 cm³/mol. The van der Waals surface area contributed by atoms with E-state index in [0.29, 0.717) is 32.7 Å². The van der Waals surface area contributed by atoms with Crippen molar-refractivity contribution in [3.05, 3.63) is 30.1 Å². The summed E-state index contributed by atoms with van der Waals surface area (Å²) in [6.45, 7) is 6.76. The molecule has 2 rings (SSSR count). The highest BCUT2D eigenvalue weighted by Gasteiger charge is 2.33. The highest BCUT2D eigenvalue weighted by molar-refractivity contribution is 7.89. The van der Waals surface area contributed by atoms with Crippen LogP contribution in [0.1, 0.15) is 13.8 Å². The molecule has 1 aliphatic heterocycles. The molecular formula is C14H22FN3O2S. The normalized spacial score (nSPS) is 18.9. The van der Waals surface area contributed by atoms with E-state index in [4.69, 9.17) is 5.73 Å². The Kier molecular flexibility index (Phi) is 4.67. The van der Waals surface area contributed by atoms with Crippen molar-refractivity contribution in [3.8, 4) is 0 Å². The van der Waals surface area contributed by atoms with Crippen LogP contribution in [0.2, 0.25) is 0 Å². The molecule has 5 nitrogen and oxygen atoms in total. The summed E-state index contributed by atoms with van der Waals surface area (Å²) in [5.74, 6) is -0.441. The van der Waals surface area contributed by atoms with Gasteiger partial charge >= 0.3 is 0 Å². The lowest BCUT2D eigenvalue weighted by molar-refractivity contribution is 0.0850. The highest BCUT2D eigenvalue weighted by atomic mass is 32.2. The van der Waals surface area contributed by atoms with E-state index in [9.17, 15) is 12.8 Å². The smallest absolute Gasteiger partial charge is 0.243 e. The molecule has 0 bridgehead atoms. The van der Waals surface area contributed by atoms with Gasteiger partial charge in [-0.3, -0.25) is 4.90 Å². The average molecular weight is 315 g/mol. The summed E-state index contributed by atoms with van der Waals surface area (Å²) < 4.78 is 39.3. The number of benzene rings is 1. The zero-order chi connectivity index (χ0) is 15.7. The van der Waals surface area contributed by atoms with Crippen molar-refractivity contribution in [1.29, 1.82) is 0 Å². The fourth-order valence-electron chi connectivity index (χ4n) is 2.42. The highest BCUT2D eigenvalue weighted by Crippen LogP contribution is 2.21. The van der Waals surface area contributed by atoms with Crippen molar-refractivity contribution in [2.45, 2.75) is 24.3 Å². The van der Waals surface area contributed by atoms with Gasteiger partial charge in [0.2, 0.25) is 10.0 Å². The topological polar surface area (TPSA) is 66.6 Å². The van der Waals surface area contributed by atoms with Gasteiger partial charge in [-0.25, -0.2) is 12.8 Å². The molecule has 2 N–H and O–H groups in total. The summed E-state index contributed by atoms with van der Waals surface area (Å²) in [6.07, 6.45) is 0. The predicted octanol–water partition coefficient (Wildman–Crippen LogP) is 0.869. The first-order valence-corrected chi connectivity index (χ1v) is 8.42. The molecule has 0 radical (unpaired) electrons. The third-order valence-corrected chi connectivity index (χ3v) is 5.96. The van der Waals surface area contributed by atoms with Crippen LogP contribution in [0.5, 0.6) is 0 Å². The van der Waals surface area contributed by atoms with Gasteiger partial charge in [0, 0.05) is 38.3 Å². The quantitative estimate of drug-likeness (QED) is 0.895. The van der Waals surface area contributed by atoms with E-state index in [-0.39, 0.29) is 10.4 Å². The molecule has 1 saturated heterocycles. The zero-order valence-electron chi connectivity index (χ0n) is 12.4. The summed E-state index contributed by atoms with van der Waals surface area (Å²) in [5.41, 5.74) is 5.62. The fraction of sp³-hybridized carbons (Fsp3) is 0.571. The van der Waals surface area contributed by atoms with Gasteiger partial charge in [-0.2, -0.15) is 4.31 Å². The lowest BCUT2D eigenvalue weighted by Gasteiger charge is -2.43. The summed E-state index contributed by atoms with van der Waals surface area (Å²) in [6, 6.07) is 4.95. The number of sulfonamides is 1. The van der Waals surface area contributed by atoms with Gasteiger partial charge in [-0.15, -0.1) is 0 Å². The van der Waals surface area contributed by atoms with Crippen LogP contribution in [0, 0.1) is 5.82 Å². The minimum Gasteiger partial charge on any atom is -0.329 e. The summed E-state index contributed by atoms with van der Waals surface area (Å²) in [7, 11) is -3.55. The number of hydrogen-bond donors (Lipinski definition) is 1. The van der Waals surface area contributed by atoms with Crippen molar-refractivity contribution in [2.75, 3.05) is 32.7 Å². The monoisotopic (exact) mass is 315 g/mol. The van der Waals surface area contributed by atoms with Gasteiger partial charge < -0.3 is 5.73 Å². The first-order chi connectivity index (χ1) is 9.77. The Morgan fingerprint density at radius 3 is 2.14 bits per heavy atom. The Morgan fingerprint density at radius 1 is 1.14 bits per heavy atom. The van der Waals surface area contributed by atoms with Crippen molar-refractivity contribution in [1.82, 2.24) is 9.21 Å². The lowest BCUT2D eigenvalue weighted by Crippen LogP contribution is -2.58. The number of hydrogen-bond acceptors (Lipinski definition) is 4. The molecule has 0 aromatic heterocycles. The Balaban J connectivity index is 2.09. The molecule has 1 aromatic carbocycles. The molecule has 0 spiro atoms. The van der Waals surface area contributed by atoms with E-state index in [1.54, 1.807) is 0 Å². The number of piperazine rings is 1. The molecule has 1 fully saturated rings. The van der Waals surface area contributed by atoms with Crippen LogP contribution in [0.15, 0.2) is 29.2 Å². The van der Waals surface area contributed by atoms with Gasteiger partial charge in [0.1, 0.15) is 5.82 Å². The Bertz CT molecular complexity index is 579. The number of nitrogens with zero attached hydrogens (tertiary/aromatic N) is 2. The SMILES string of the molecule is CC(C)(CN)N1CCN(S(=O)(=O)c2ccc(F)cc2)CC1. The lowest BCUT2D eigenvalue weighted by atomic mass is 10.0. The Labute approximate surface area is 125 Å². The molecule has 7 heteroatoms. The molecule has 1 aliphatic rings. The van der Waals surface area contributed by atoms with Crippen molar-refractivity contribution < 1.29 is 12.8 Å². The van der Waals surface area contributed by atoms with Crippen LogP contribution in [-0.4, -0.2) is 55.9 Å². The van der Waals surface area contributed by atoms with Crippen LogP contribution >= 0.6 is 0 Å². The van der Waals surface area contributed by atoms with Gasteiger partial charge in [-0.05, 0) is 38.1 Å². The van der Waals surface area contributed by atoms with Crippen LogP contribution in [0.3, 0.4) is 0 Å². The van der Waals surface area contributed by atoms with Crippen LogP contribution in [0.4, 0.5) is 4.39 Å². The van der Waals surface area contributed by atoms with E-state index in [0.717, 1.165) is 0 Å². The molecule has 0 unspecified atom stereocenters. The van der Waals surface area contributed by atoms with Crippen molar-refractivity contribution in [2.24, 2.45) is 5.73 Å². The minimum atomic E-state index is -3.55. The third kappa shape index (κ3) is 3.42. The van der Waals surface area contributed by atoms with Gasteiger partial charge in [-0.1, -0.05) is 0 Å². The molecule has 0 aliphatic carbocycles. The van der Waals surface area contributed by atoms with Gasteiger partial charge in [0.15, 0.2) is 0 Å². The standard InChI is InChI=1S/C14H22FN3O2S/c1-14(2,11-16)17-7-9-18(10-8-17)21(19,20)13-5-3-12(15)4-6-13/h3-6H,7-11,16H2,1-2H3. The van der Waals surface area contributed by atoms with E-state index >= 15 is 0 Å². The second-order valence-electron chi connectivity index (χ2n) is 5.86. The van der Waals surface area contributed by atoms with E-state index < -0.39 is 15.8 Å². The minimum absolute atomic E-state index is 0.133. The Hall–Kier alpha value is -1.02. The maximum atomic E-state index is 12.9. The molecule has 118 valence electrons. The average Bonchev–Trinajstić information content (AvgIpc) is 2.48. The Morgan fingerprint density at radius 2 is 1.67 bits per heavy atom. The summed E-state index contributed by atoms with van der Waals surface area (Å²) in [4.78, 5) is 2.33. The maximum absolute atomic E-state index is 12.9. The first-order valence-electron chi connectivity index (χ1n) is 6.98. The molecule has 21 heavy (non-hydrogen) atoms. The first kappa shape index (κ1) is 16.4. The molecule has 1 heterocycles. The largest absolute Gasteiger partial charge is 0.329 e. The second kappa shape index (κ2) is 6.00. The van der Waals surface area contributed by atoms with E-state index in [1.165, 1.54) is 28.6 Å². The zero-order valence-corrected chi connectivity index (χ0v) is 13.2.